The quantitative estimate of drug-likeness (QED) is 0.776. The SMILES string of the molecule is CC1CCCC(O)(Cc2cccnc2)CC1. The Hall–Kier alpha value is -0.890. The molecule has 16 heavy (non-hydrogen) atoms. The minimum Gasteiger partial charge on any atom is -0.390 e. The molecule has 2 unspecified atom stereocenters. The second-order valence-electron chi connectivity index (χ2n) is 5.30. The summed E-state index contributed by atoms with van der Waals surface area (Å²) >= 11 is 0. The molecule has 0 radical (unpaired) electrons. The van der Waals surface area contributed by atoms with Crippen LogP contribution in [0.25, 0.3) is 0 Å². The number of hydrogen-bond donors (Lipinski definition) is 1. The maximum Gasteiger partial charge on any atom is 0.0688 e. The zero-order chi connectivity index (χ0) is 11.4. The molecule has 2 heteroatoms. The van der Waals surface area contributed by atoms with E-state index in [1.807, 2.05) is 12.3 Å². The van der Waals surface area contributed by atoms with E-state index >= 15 is 0 Å². The molecule has 0 aliphatic heterocycles. The van der Waals surface area contributed by atoms with Crippen LogP contribution in [0.1, 0.15) is 44.6 Å². The van der Waals surface area contributed by atoms with Gasteiger partial charge in [0.1, 0.15) is 0 Å². The number of rotatable bonds is 2. The van der Waals surface area contributed by atoms with Gasteiger partial charge in [-0.25, -0.2) is 0 Å². The number of pyridine rings is 1. The molecule has 0 aromatic carbocycles. The summed E-state index contributed by atoms with van der Waals surface area (Å²) in [5.74, 6) is 0.767. The van der Waals surface area contributed by atoms with Gasteiger partial charge in [0.05, 0.1) is 5.60 Å². The first kappa shape index (κ1) is 11.6. The Balaban J connectivity index is 2.02. The van der Waals surface area contributed by atoms with Gasteiger partial charge in [-0.05, 0) is 36.8 Å². The van der Waals surface area contributed by atoms with Gasteiger partial charge in [0.2, 0.25) is 0 Å². The average molecular weight is 219 g/mol. The molecule has 0 amide bonds. The smallest absolute Gasteiger partial charge is 0.0688 e. The summed E-state index contributed by atoms with van der Waals surface area (Å²) in [7, 11) is 0. The van der Waals surface area contributed by atoms with Crippen molar-refractivity contribution in [1.82, 2.24) is 4.98 Å². The molecule has 1 aliphatic carbocycles. The summed E-state index contributed by atoms with van der Waals surface area (Å²) in [5, 5.41) is 10.6. The topological polar surface area (TPSA) is 33.1 Å². The summed E-state index contributed by atoms with van der Waals surface area (Å²) < 4.78 is 0. The highest BCUT2D eigenvalue weighted by Crippen LogP contribution is 2.32. The molecule has 2 rings (SSSR count). The van der Waals surface area contributed by atoms with Crippen LogP contribution in [0.15, 0.2) is 24.5 Å². The first-order valence-electron chi connectivity index (χ1n) is 6.29. The van der Waals surface area contributed by atoms with Crippen molar-refractivity contribution >= 4 is 0 Å². The summed E-state index contributed by atoms with van der Waals surface area (Å²) in [6.07, 6.45) is 9.84. The van der Waals surface area contributed by atoms with Crippen molar-refractivity contribution < 1.29 is 5.11 Å². The van der Waals surface area contributed by atoms with E-state index in [-0.39, 0.29) is 0 Å². The normalized spacial score (nSPS) is 31.0. The Bertz CT molecular complexity index is 325. The van der Waals surface area contributed by atoms with Gasteiger partial charge in [-0.15, -0.1) is 0 Å². The zero-order valence-corrected chi connectivity index (χ0v) is 10.0. The molecule has 2 nitrogen and oxygen atoms in total. The Morgan fingerprint density at radius 1 is 1.44 bits per heavy atom. The monoisotopic (exact) mass is 219 g/mol. The third-order valence-corrected chi connectivity index (χ3v) is 3.70. The largest absolute Gasteiger partial charge is 0.390 e. The molecule has 0 spiro atoms. The minimum absolute atomic E-state index is 0.492. The predicted molar refractivity (Wildman–Crippen MR) is 65.1 cm³/mol. The van der Waals surface area contributed by atoms with E-state index in [1.54, 1.807) is 6.20 Å². The lowest BCUT2D eigenvalue weighted by atomic mass is 9.88. The van der Waals surface area contributed by atoms with Crippen LogP contribution in [0.4, 0.5) is 0 Å². The van der Waals surface area contributed by atoms with E-state index in [9.17, 15) is 5.11 Å². The van der Waals surface area contributed by atoms with Crippen molar-refractivity contribution in [2.24, 2.45) is 5.92 Å². The van der Waals surface area contributed by atoms with E-state index in [0.717, 1.165) is 43.6 Å². The Labute approximate surface area is 97.7 Å². The van der Waals surface area contributed by atoms with E-state index in [1.165, 1.54) is 6.42 Å². The van der Waals surface area contributed by atoms with Gasteiger partial charge in [-0.1, -0.05) is 25.8 Å². The van der Waals surface area contributed by atoms with Crippen LogP contribution in [0, 0.1) is 5.92 Å². The van der Waals surface area contributed by atoms with Gasteiger partial charge < -0.3 is 5.11 Å². The Morgan fingerprint density at radius 2 is 2.31 bits per heavy atom. The molecular formula is C14H21NO. The van der Waals surface area contributed by atoms with Crippen molar-refractivity contribution in [1.29, 1.82) is 0 Å². The van der Waals surface area contributed by atoms with Crippen molar-refractivity contribution in [3.8, 4) is 0 Å². The van der Waals surface area contributed by atoms with Crippen molar-refractivity contribution in [2.45, 2.75) is 51.0 Å². The zero-order valence-electron chi connectivity index (χ0n) is 10.0. The first-order chi connectivity index (χ1) is 7.68. The van der Waals surface area contributed by atoms with Crippen molar-refractivity contribution in [3.05, 3.63) is 30.1 Å². The van der Waals surface area contributed by atoms with Crippen LogP contribution in [0.2, 0.25) is 0 Å². The number of nitrogens with zero attached hydrogens (tertiary/aromatic N) is 1. The van der Waals surface area contributed by atoms with Crippen LogP contribution in [0.5, 0.6) is 0 Å². The van der Waals surface area contributed by atoms with E-state index in [2.05, 4.69) is 18.0 Å². The maximum atomic E-state index is 10.6. The molecule has 1 saturated carbocycles. The van der Waals surface area contributed by atoms with Gasteiger partial charge in [-0.2, -0.15) is 0 Å². The fraction of sp³-hybridized carbons (Fsp3) is 0.643. The molecule has 0 bridgehead atoms. The van der Waals surface area contributed by atoms with Gasteiger partial charge >= 0.3 is 0 Å². The van der Waals surface area contributed by atoms with Gasteiger partial charge in [0, 0.05) is 18.8 Å². The molecule has 1 aromatic heterocycles. The van der Waals surface area contributed by atoms with Crippen LogP contribution in [-0.4, -0.2) is 15.7 Å². The van der Waals surface area contributed by atoms with E-state index < -0.39 is 5.60 Å². The molecule has 1 aliphatic rings. The van der Waals surface area contributed by atoms with Crippen LogP contribution < -0.4 is 0 Å². The summed E-state index contributed by atoms with van der Waals surface area (Å²) in [6.45, 7) is 2.29. The third-order valence-electron chi connectivity index (χ3n) is 3.70. The predicted octanol–water partition coefficient (Wildman–Crippen LogP) is 2.96. The van der Waals surface area contributed by atoms with Gasteiger partial charge in [0.25, 0.3) is 0 Å². The number of aliphatic hydroxyl groups is 1. The van der Waals surface area contributed by atoms with Crippen LogP contribution in [0.3, 0.4) is 0 Å². The highest BCUT2D eigenvalue weighted by Gasteiger charge is 2.29. The fourth-order valence-electron chi connectivity index (χ4n) is 2.62. The van der Waals surface area contributed by atoms with Crippen molar-refractivity contribution in [2.75, 3.05) is 0 Å². The highest BCUT2D eigenvalue weighted by atomic mass is 16.3. The van der Waals surface area contributed by atoms with E-state index in [4.69, 9.17) is 0 Å². The number of aromatic nitrogens is 1. The Morgan fingerprint density at radius 3 is 3.06 bits per heavy atom. The van der Waals surface area contributed by atoms with Crippen molar-refractivity contribution in [3.63, 3.8) is 0 Å². The molecule has 1 fully saturated rings. The molecular weight excluding hydrogens is 198 g/mol. The average Bonchev–Trinajstić information content (AvgIpc) is 2.43. The molecule has 88 valence electrons. The first-order valence-corrected chi connectivity index (χ1v) is 6.29. The molecule has 0 saturated heterocycles. The maximum absolute atomic E-state index is 10.6. The minimum atomic E-state index is -0.492. The third kappa shape index (κ3) is 3.05. The molecule has 1 N–H and O–H groups in total. The van der Waals surface area contributed by atoms with Crippen LogP contribution >= 0.6 is 0 Å². The number of hydrogen-bond acceptors (Lipinski definition) is 2. The summed E-state index contributed by atoms with van der Waals surface area (Å²) in [5.41, 5.74) is 0.660. The van der Waals surface area contributed by atoms with E-state index in [0.29, 0.717) is 0 Å². The standard InChI is InChI=1S/C14H21NO/c1-12-4-2-7-14(16,8-6-12)10-13-5-3-9-15-11-13/h3,5,9,11-12,16H,2,4,6-8,10H2,1H3. The summed E-state index contributed by atoms with van der Waals surface area (Å²) in [6, 6.07) is 4.00. The molecule has 1 aromatic rings. The van der Waals surface area contributed by atoms with Crippen LogP contribution in [-0.2, 0) is 6.42 Å². The van der Waals surface area contributed by atoms with Gasteiger partial charge in [-0.3, -0.25) is 4.98 Å². The fourth-order valence-corrected chi connectivity index (χ4v) is 2.62. The second-order valence-corrected chi connectivity index (χ2v) is 5.30. The Kier molecular flexibility index (Phi) is 3.59. The molecule has 1 heterocycles. The lowest BCUT2D eigenvalue weighted by Crippen LogP contribution is -2.30. The lowest BCUT2D eigenvalue weighted by Gasteiger charge is -2.26. The highest BCUT2D eigenvalue weighted by molar-refractivity contribution is 5.12. The summed E-state index contributed by atoms with van der Waals surface area (Å²) in [4.78, 5) is 4.11. The second kappa shape index (κ2) is 4.96. The molecule has 2 atom stereocenters. The lowest BCUT2D eigenvalue weighted by molar-refractivity contribution is 0.0243. The van der Waals surface area contributed by atoms with Gasteiger partial charge in [0.15, 0.2) is 0 Å².